The highest BCUT2D eigenvalue weighted by molar-refractivity contribution is 6.74. The maximum absolute atomic E-state index is 12.0. The molecule has 1 unspecified atom stereocenters. The molecule has 1 amide bonds. The van der Waals surface area contributed by atoms with E-state index in [9.17, 15) is 4.79 Å². The van der Waals surface area contributed by atoms with Crippen LogP contribution in [0.5, 0.6) is 0 Å². The van der Waals surface area contributed by atoms with Gasteiger partial charge in [0.05, 0.1) is 0 Å². The minimum absolute atomic E-state index is 0.299. The van der Waals surface area contributed by atoms with Crippen LogP contribution in [-0.2, 0) is 9.22 Å². The molecule has 0 saturated carbocycles. The third-order valence-corrected chi connectivity index (χ3v) is 10.6. The standard InChI is InChI=1S/C21H43NO2Si/c1-19(24-25(5,6)21(2,3)4)15-11-9-7-8-10-12-16-20(23)22-17-13-14-18-22/h19H,7-18H2,1-6H3. The molecule has 0 aromatic rings. The number of carbonyl (C=O) groups is 1. The fourth-order valence-electron chi connectivity index (χ4n) is 3.28. The highest BCUT2D eigenvalue weighted by atomic mass is 28.4. The van der Waals surface area contributed by atoms with Crippen molar-refractivity contribution < 1.29 is 9.22 Å². The first-order chi connectivity index (χ1) is 11.6. The molecule has 0 aromatic carbocycles. The first-order valence-corrected chi connectivity index (χ1v) is 13.5. The van der Waals surface area contributed by atoms with E-state index >= 15 is 0 Å². The molecule has 0 aliphatic carbocycles. The number of likely N-dealkylation sites (tertiary alicyclic amines) is 1. The van der Waals surface area contributed by atoms with Crippen molar-refractivity contribution >= 4 is 14.2 Å². The lowest BCUT2D eigenvalue weighted by atomic mass is 10.1. The van der Waals surface area contributed by atoms with Crippen molar-refractivity contribution in [3.8, 4) is 0 Å². The average molecular weight is 370 g/mol. The van der Waals surface area contributed by atoms with E-state index in [1.54, 1.807) is 0 Å². The van der Waals surface area contributed by atoms with Crippen molar-refractivity contribution in [3.05, 3.63) is 0 Å². The maximum atomic E-state index is 12.0. The zero-order chi connectivity index (χ0) is 18.9. The van der Waals surface area contributed by atoms with Crippen molar-refractivity contribution in [1.82, 2.24) is 4.90 Å². The summed E-state index contributed by atoms with van der Waals surface area (Å²) in [6, 6.07) is 0. The largest absolute Gasteiger partial charge is 0.414 e. The van der Waals surface area contributed by atoms with E-state index in [1.165, 1.54) is 51.4 Å². The van der Waals surface area contributed by atoms with Crippen LogP contribution in [0.3, 0.4) is 0 Å². The summed E-state index contributed by atoms with van der Waals surface area (Å²) in [5, 5.41) is 0.299. The molecule has 4 heteroatoms. The molecule has 1 aliphatic heterocycles. The highest BCUT2D eigenvalue weighted by Crippen LogP contribution is 2.37. The monoisotopic (exact) mass is 369 g/mol. The second-order valence-corrected chi connectivity index (χ2v) is 14.2. The van der Waals surface area contributed by atoms with Crippen LogP contribution in [0.15, 0.2) is 0 Å². The first kappa shape index (κ1) is 22.7. The first-order valence-electron chi connectivity index (χ1n) is 10.6. The van der Waals surface area contributed by atoms with Crippen LogP contribution < -0.4 is 0 Å². The SMILES string of the molecule is CC(CCCCCCCCC(=O)N1CCCC1)O[Si](C)(C)C(C)(C)C. The van der Waals surface area contributed by atoms with E-state index in [1.807, 2.05) is 4.90 Å². The fraction of sp³-hybridized carbons (Fsp3) is 0.952. The Balaban J connectivity index is 1.98. The Morgan fingerprint density at radius 2 is 1.52 bits per heavy atom. The number of amides is 1. The van der Waals surface area contributed by atoms with Crippen molar-refractivity contribution in [2.75, 3.05) is 13.1 Å². The van der Waals surface area contributed by atoms with Gasteiger partial charge >= 0.3 is 0 Å². The van der Waals surface area contributed by atoms with Gasteiger partial charge in [-0.2, -0.15) is 0 Å². The topological polar surface area (TPSA) is 29.5 Å². The number of nitrogens with zero attached hydrogens (tertiary/aromatic N) is 1. The van der Waals surface area contributed by atoms with Crippen LogP contribution in [0.1, 0.15) is 91.9 Å². The molecule has 1 saturated heterocycles. The van der Waals surface area contributed by atoms with Gasteiger partial charge in [0.2, 0.25) is 5.91 Å². The van der Waals surface area contributed by atoms with Gasteiger partial charge in [0, 0.05) is 25.6 Å². The van der Waals surface area contributed by atoms with Crippen LogP contribution in [0.4, 0.5) is 0 Å². The zero-order valence-electron chi connectivity index (χ0n) is 17.8. The highest BCUT2D eigenvalue weighted by Gasteiger charge is 2.38. The summed E-state index contributed by atoms with van der Waals surface area (Å²) in [4.78, 5) is 14.0. The van der Waals surface area contributed by atoms with E-state index < -0.39 is 8.32 Å². The van der Waals surface area contributed by atoms with Gasteiger partial charge in [-0.05, 0) is 50.7 Å². The number of hydrogen-bond acceptors (Lipinski definition) is 2. The van der Waals surface area contributed by atoms with E-state index in [4.69, 9.17) is 4.43 Å². The van der Waals surface area contributed by atoms with Gasteiger partial charge < -0.3 is 9.33 Å². The second-order valence-electron chi connectivity index (χ2n) is 9.44. The Morgan fingerprint density at radius 3 is 2.08 bits per heavy atom. The second kappa shape index (κ2) is 10.7. The lowest BCUT2D eigenvalue weighted by molar-refractivity contribution is -0.130. The van der Waals surface area contributed by atoms with Gasteiger partial charge in [-0.25, -0.2) is 0 Å². The van der Waals surface area contributed by atoms with Gasteiger partial charge in [0.15, 0.2) is 8.32 Å². The number of carbonyl (C=O) groups excluding carboxylic acids is 1. The van der Waals surface area contributed by atoms with Crippen molar-refractivity contribution in [2.24, 2.45) is 0 Å². The lowest BCUT2D eigenvalue weighted by Gasteiger charge is -2.38. The zero-order valence-corrected chi connectivity index (χ0v) is 18.8. The summed E-state index contributed by atoms with van der Waals surface area (Å²) in [6.45, 7) is 15.8. The molecule has 148 valence electrons. The number of unbranched alkanes of at least 4 members (excludes halogenated alkanes) is 5. The Labute approximate surface area is 158 Å². The van der Waals surface area contributed by atoms with E-state index in [-0.39, 0.29) is 0 Å². The van der Waals surface area contributed by atoms with Gasteiger partial charge in [-0.1, -0.05) is 52.9 Å². The molecule has 0 radical (unpaired) electrons. The Kier molecular flexibility index (Phi) is 9.72. The summed E-state index contributed by atoms with van der Waals surface area (Å²) in [7, 11) is -1.61. The summed E-state index contributed by atoms with van der Waals surface area (Å²) in [6.07, 6.45) is 12.1. The fourth-order valence-corrected chi connectivity index (χ4v) is 4.76. The maximum Gasteiger partial charge on any atom is 0.222 e. The predicted octanol–water partition coefficient (Wildman–Crippen LogP) is 6.14. The number of rotatable bonds is 11. The van der Waals surface area contributed by atoms with Crippen LogP contribution in [0.25, 0.3) is 0 Å². The molecule has 0 bridgehead atoms. The lowest BCUT2D eigenvalue weighted by Crippen LogP contribution is -2.43. The summed E-state index contributed by atoms with van der Waals surface area (Å²) in [5.41, 5.74) is 0. The van der Waals surface area contributed by atoms with Gasteiger partial charge in [0.25, 0.3) is 0 Å². The molecule has 1 aliphatic rings. The molecule has 0 N–H and O–H groups in total. The van der Waals surface area contributed by atoms with Crippen molar-refractivity contribution in [3.63, 3.8) is 0 Å². The van der Waals surface area contributed by atoms with Gasteiger partial charge in [-0.15, -0.1) is 0 Å². The van der Waals surface area contributed by atoms with Crippen LogP contribution in [0.2, 0.25) is 18.1 Å². The Bertz CT molecular complexity index is 384. The molecular formula is C21H43NO2Si. The minimum atomic E-state index is -1.61. The smallest absolute Gasteiger partial charge is 0.222 e. The Morgan fingerprint density at radius 1 is 1.00 bits per heavy atom. The van der Waals surface area contributed by atoms with Crippen LogP contribution in [-0.4, -0.2) is 38.3 Å². The molecule has 1 heterocycles. The molecule has 1 atom stereocenters. The Hall–Kier alpha value is -0.353. The normalized spacial score (nSPS) is 17.1. The van der Waals surface area contributed by atoms with E-state index in [0.29, 0.717) is 17.0 Å². The van der Waals surface area contributed by atoms with Crippen LogP contribution >= 0.6 is 0 Å². The quantitative estimate of drug-likeness (QED) is 0.323. The molecular weight excluding hydrogens is 326 g/mol. The third-order valence-electron chi connectivity index (χ3n) is 6.01. The summed E-state index contributed by atoms with van der Waals surface area (Å²) < 4.78 is 6.42. The molecule has 3 nitrogen and oxygen atoms in total. The molecule has 0 spiro atoms. The van der Waals surface area contributed by atoms with Gasteiger partial charge in [-0.3, -0.25) is 4.79 Å². The number of hydrogen-bond donors (Lipinski definition) is 0. The van der Waals surface area contributed by atoms with Gasteiger partial charge in [0.1, 0.15) is 0 Å². The third kappa shape index (κ3) is 8.72. The average Bonchev–Trinajstić information content (AvgIpc) is 3.02. The van der Waals surface area contributed by atoms with E-state index in [2.05, 4.69) is 40.8 Å². The van der Waals surface area contributed by atoms with E-state index in [0.717, 1.165) is 25.9 Å². The van der Waals surface area contributed by atoms with Crippen molar-refractivity contribution in [1.29, 1.82) is 0 Å². The molecule has 25 heavy (non-hydrogen) atoms. The predicted molar refractivity (Wildman–Crippen MR) is 110 cm³/mol. The molecule has 1 rings (SSSR count). The van der Waals surface area contributed by atoms with Crippen molar-refractivity contribution in [2.45, 2.75) is 116 Å². The summed E-state index contributed by atoms with van der Waals surface area (Å²) in [5.74, 6) is 0.383. The van der Waals surface area contributed by atoms with Crippen LogP contribution in [0, 0.1) is 0 Å². The molecule has 1 fully saturated rings. The summed E-state index contributed by atoms with van der Waals surface area (Å²) >= 11 is 0. The molecule has 0 aromatic heterocycles. The minimum Gasteiger partial charge on any atom is -0.414 e.